The predicted octanol–water partition coefficient (Wildman–Crippen LogP) is 2.76. The van der Waals surface area contributed by atoms with Gasteiger partial charge >= 0.3 is 0 Å². The standard InChI is InChI=1S/C18H14F2N6O2S2/c19-11-4-3-9(6-12(11)20)26-17(27)10-7-21-24-15(10)23-18(26)30-8-14-22-16(25-28-14)13-2-1-5-29-13/h1-6,10,15,21,24H,7-8H2. The molecule has 0 spiro atoms. The molecule has 0 radical (unpaired) electrons. The van der Waals surface area contributed by atoms with Crippen molar-refractivity contribution in [3.63, 3.8) is 0 Å². The second kappa shape index (κ2) is 7.87. The van der Waals surface area contributed by atoms with Crippen molar-refractivity contribution in [3.05, 3.63) is 53.2 Å². The molecule has 154 valence electrons. The van der Waals surface area contributed by atoms with E-state index in [0.29, 0.717) is 23.4 Å². The molecule has 4 heterocycles. The fourth-order valence-corrected chi connectivity index (χ4v) is 4.71. The monoisotopic (exact) mass is 448 g/mol. The first-order valence-corrected chi connectivity index (χ1v) is 10.8. The number of aromatic nitrogens is 2. The lowest BCUT2D eigenvalue weighted by Gasteiger charge is -2.32. The number of carbonyl (C=O) groups is 1. The number of benzene rings is 1. The number of aliphatic imine (C=N–C) groups is 1. The first kappa shape index (κ1) is 19.3. The Morgan fingerprint density at radius 1 is 1.30 bits per heavy atom. The van der Waals surface area contributed by atoms with Gasteiger partial charge in [-0.25, -0.2) is 19.2 Å². The van der Waals surface area contributed by atoms with Crippen LogP contribution in [0.15, 0.2) is 45.2 Å². The molecule has 1 aromatic carbocycles. The van der Waals surface area contributed by atoms with Crippen LogP contribution in [0.5, 0.6) is 0 Å². The highest BCUT2D eigenvalue weighted by molar-refractivity contribution is 8.13. The SMILES string of the molecule is O=C1C2CNNC2N=C(SCc2nc(-c3cccs3)no2)N1c1ccc(F)c(F)c1. The van der Waals surface area contributed by atoms with E-state index in [9.17, 15) is 13.6 Å². The summed E-state index contributed by atoms with van der Waals surface area (Å²) in [6.07, 6.45) is -0.439. The Morgan fingerprint density at radius 3 is 3.00 bits per heavy atom. The number of amides is 1. The van der Waals surface area contributed by atoms with E-state index in [0.717, 1.165) is 17.0 Å². The molecular weight excluding hydrogens is 434 g/mol. The van der Waals surface area contributed by atoms with Gasteiger partial charge in [0.25, 0.3) is 0 Å². The predicted molar refractivity (Wildman–Crippen MR) is 109 cm³/mol. The van der Waals surface area contributed by atoms with E-state index in [-0.39, 0.29) is 17.3 Å². The van der Waals surface area contributed by atoms with Crippen LogP contribution in [0.3, 0.4) is 0 Å². The molecular formula is C18H14F2N6O2S2. The van der Waals surface area contributed by atoms with Crippen LogP contribution in [0.4, 0.5) is 14.5 Å². The molecule has 2 atom stereocenters. The zero-order valence-electron chi connectivity index (χ0n) is 15.2. The summed E-state index contributed by atoms with van der Waals surface area (Å²) in [6, 6.07) is 7.11. The van der Waals surface area contributed by atoms with Gasteiger partial charge in [-0.1, -0.05) is 23.0 Å². The van der Waals surface area contributed by atoms with E-state index in [2.05, 4.69) is 26.0 Å². The molecule has 3 aromatic rings. The van der Waals surface area contributed by atoms with Crippen LogP contribution in [-0.4, -0.2) is 33.9 Å². The van der Waals surface area contributed by atoms with Crippen LogP contribution in [-0.2, 0) is 10.5 Å². The van der Waals surface area contributed by atoms with Crippen molar-refractivity contribution >= 4 is 39.9 Å². The molecule has 2 aromatic heterocycles. The largest absolute Gasteiger partial charge is 0.338 e. The number of thioether (sulfide) groups is 1. The average Bonchev–Trinajstić information content (AvgIpc) is 3.49. The summed E-state index contributed by atoms with van der Waals surface area (Å²) in [5, 5.41) is 6.22. The molecule has 2 aliphatic rings. The minimum absolute atomic E-state index is 0.209. The first-order chi connectivity index (χ1) is 14.6. The zero-order chi connectivity index (χ0) is 20.7. The van der Waals surface area contributed by atoms with Gasteiger partial charge in [0.2, 0.25) is 17.6 Å². The normalized spacial score (nSPS) is 21.1. The number of thiophene rings is 1. The third kappa shape index (κ3) is 3.51. The van der Waals surface area contributed by atoms with Crippen LogP contribution in [0.25, 0.3) is 10.7 Å². The number of anilines is 1. The maximum Gasteiger partial charge on any atom is 0.241 e. The number of halogens is 2. The summed E-state index contributed by atoms with van der Waals surface area (Å²) in [4.78, 5) is 24.2. The van der Waals surface area contributed by atoms with Crippen LogP contribution < -0.4 is 15.8 Å². The third-order valence-electron chi connectivity index (χ3n) is 4.63. The summed E-state index contributed by atoms with van der Waals surface area (Å²) in [7, 11) is 0. The molecule has 0 aliphatic carbocycles. The molecule has 1 saturated heterocycles. The van der Waals surface area contributed by atoms with Gasteiger partial charge in [-0.15, -0.1) is 11.3 Å². The van der Waals surface area contributed by atoms with Crippen molar-refractivity contribution in [2.45, 2.75) is 11.9 Å². The van der Waals surface area contributed by atoms with Gasteiger partial charge in [0.05, 0.1) is 22.2 Å². The number of hydrogen-bond donors (Lipinski definition) is 2. The Bertz CT molecular complexity index is 1120. The smallest absolute Gasteiger partial charge is 0.241 e. The summed E-state index contributed by atoms with van der Waals surface area (Å²) in [5.74, 6) is -1.61. The van der Waals surface area contributed by atoms with Gasteiger partial charge in [-0.3, -0.25) is 15.1 Å². The van der Waals surface area contributed by atoms with Crippen LogP contribution in [0, 0.1) is 17.6 Å². The highest BCUT2D eigenvalue weighted by Gasteiger charge is 2.42. The Morgan fingerprint density at radius 2 is 2.20 bits per heavy atom. The Kier molecular flexibility index (Phi) is 5.06. The van der Waals surface area contributed by atoms with E-state index in [1.165, 1.54) is 34.1 Å². The van der Waals surface area contributed by atoms with Gasteiger partial charge in [-0.2, -0.15) is 4.98 Å². The highest BCUT2D eigenvalue weighted by Crippen LogP contribution is 2.31. The lowest BCUT2D eigenvalue weighted by Crippen LogP contribution is -2.49. The van der Waals surface area contributed by atoms with Crippen molar-refractivity contribution < 1.29 is 18.1 Å². The van der Waals surface area contributed by atoms with Crippen LogP contribution >= 0.6 is 23.1 Å². The Balaban J connectivity index is 1.41. The average molecular weight is 448 g/mol. The quantitative estimate of drug-likeness (QED) is 0.634. The highest BCUT2D eigenvalue weighted by atomic mass is 32.2. The van der Waals surface area contributed by atoms with Crippen LogP contribution in [0.1, 0.15) is 5.89 Å². The Labute approximate surface area is 177 Å². The number of hydrogen-bond acceptors (Lipinski definition) is 9. The van der Waals surface area contributed by atoms with Gasteiger partial charge in [0.1, 0.15) is 6.17 Å². The van der Waals surface area contributed by atoms with Crippen molar-refractivity contribution in [2.75, 3.05) is 11.4 Å². The lowest BCUT2D eigenvalue weighted by molar-refractivity contribution is -0.121. The molecule has 1 fully saturated rings. The molecule has 1 amide bonds. The molecule has 0 bridgehead atoms. The van der Waals surface area contributed by atoms with E-state index in [4.69, 9.17) is 4.52 Å². The fourth-order valence-electron chi connectivity index (χ4n) is 3.18. The molecule has 8 nitrogen and oxygen atoms in total. The summed E-state index contributed by atoms with van der Waals surface area (Å²) in [5.41, 5.74) is 6.07. The first-order valence-electron chi connectivity index (χ1n) is 8.94. The van der Waals surface area contributed by atoms with Crippen molar-refractivity contribution in [1.82, 2.24) is 21.0 Å². The van der Waals surface area contributed by atoms with Gasteiger partial charge in [0, 0.05) is 12.6 Å². The van der Waals surface area contributed by atoms with Gasteiger partial charge in [-0.05, 0) is 23.6 Å². The van der Waals surface area contributed by atoms with Crippen molar-refractivity contribution in [1.29, 1.82) is 0 Å². The number of carbonyl (C=O) groups excluding carboxylic acids is 1. The third-order valence-corrected chi connectivity index (χ3v) is 6.43. The number of nitrogens with zero attached hydrogens (tertiary/aromatic N) is 4. The van der Waals surface area contributed by atoms with E-state index in [1.807, 2.05) is 17.5 Å². The molecule has 0 saturated carbocycles. The van der Waals surface area contributed by atoms with Gasteiger partial charge in [0.15, 0.2) is 16.8 Å². The maximum atomic E-state index is 13.8. The number of amidine groups is 1. The molecule has 2 unspecified atom stereocenters. The van der Waals surface area contributed by atoms with Crippen LogP contribution in [0.2, 0.25) is 0 Å². The zero-order valence-corrected chi connectivity index (χ0v) is 16.8. The van der Waals surface area contributed by atoms with Crippen molar-refractivity contribution in [2.24, 2.45) is 10.9 Å². The Hall–Kier alpha value is -2.67. The molecule has 2 aliphatic heterocycles. The number of nitrogens with one attached hydrogen (secondary N) is 2. The topological polar surface area (TPSA) is 95.6 Å². The second-order valence-corrected chi connectivity index (χ2v) is 8.43. The fraction of sp³-hybridized carbons (Fsp3) is 0.222. The molecule has 5 rings (SSSR count). The van der Waals surface area contributed by atoms with Crippen molar-refractivity contribution in [3.8, 4) is 10.7 Å². The molecule has 2 N–H and O–H groups in total. The summed E-state index contributed by atoms with van der Waals surface area (Å²) < 4.78 is 32.5. The number of rotatable bonds is 4. The lowest BCUT2D eigenvalue weighted by atomic mass is 10.0. The summed E-state index contributed by atoms with van der Waals surface area (Å²) in [6.45, 7) is 0.388. The maximum absolute atomic E-state index is 13.8. The van der Waals surface area contributed by atoms with Gasteiger partial charge < -0.3 is 4.52 Å². The summed E-state index contributed by atoms with van der Waals surface area (Å²) >= 11 is 2.70. The van der Waals surface area contributed by atoms with E-state index in [1.54, 1.807) is 0 Å². The van der Waals surface area contributed by atoms with E-state index >= 15 is 0 Å². The molecule has 12 heteroatoms. The minimum atomic E-state index is -1.04. The van der Waals surface area contributed by atoms with E-state index < -0.39 is 23.7 Å². The minimum Gasteiger partial charge on any atom is -0.338 e. The second-order valence-electron chi connectivity index (χ2n) is 6.54. The molecule has 30 heavy (non-hydrogen) atoms. The number of fused-ring (bicyclic) bond motifs is 1. The number of hydrazine groups is 1.